The fourth-order valence-corrected chi connectivity index (χ4v) is 3.78. The van der Waals surface area contributed by atoms with Gasteiger partial charge in [0.2, 0.25) is 5.82 Å². The Morgan fingerprint density at radius 3 is 2.79 bits per heavy atom. The number of aromatic nitrogens is 2. The molecule has 1 fully saturated rings. The van der Waals surface area contributed by atoms with E-state index in [1.165, 1.54) is 11.3 Å². The van der Waals surface area contributed by atoms with Gasteiger partial charge in [-0.25, -0.2) is 4.68 Å². The van der Waals surface area contributed by atoms with Gasteiger partial charge in [0, 0.05) is 33.2 Å². The number of carbonyl (C=O) groups is 1. The molecule has 2 aromatic heterocycles. The van der Waals surface area contributed by atoms with Gasteiger partial charge in [0.1, 0.15) is 5.69 Å². The first-order valence-corrected chi connectivity index (χ1v) is 8.62. The molecule has 0 atom stereocenters. The van der Waals surface area contributed by atoms with E-state index < -0.39 is 0 Å². The summed E-state index contributed by atoms with van der Waals surface area (Å²) in [6.07, 6.45) is 0.762. The second kappa shape index (κ2) is 6.60. The summed E-state index contributed by atoms with van der Waals surface area (Å²) in [6.45, 7) is 4.05. The molecule has 24 heavy (non-hydrogen) atoms. The van der Waals surface area contributed by atoms with Crippen molar-refractivity contribution in [3.8, 4) is 0 Å². The molecule has 0 unspecified atom stereocenters. The van der Waals surface area contributed by atoms with Gasteiger partial charge < -0.3 is 9.80 Å². The maximum absolute atomic E-state index is 12.5. The number of amides is 1. The molecule has 8 nitrogen and oxygen atoms in total. The molecule has 1 aliphatic rings. The van der Waals surface area contributed by atoms with Crippen LogP contribution in [0.3, 0.4) is 0 Å². The Balaban J connectivity index is 1.79. The van der Waals surface area contributed by atoms with Crippen LogP contribution in [0, 0.1) is 17.0 Å². The molecule has 1 amide bonds. The first-order chi connectivity index (χ1) is 11.5. The number of hydrogen-bond donors (Lipinski definition) is 0. The number of rotatable bonds is 3. The summed E-state index contributed by atoms with van der Waals surface area (Å²) in [7, 11) is 1.72. The summed E-state index contributed by atoms with van der Waals surface area (Å²) in [5, 5.41) is 17.5. The summed E-state index contributed by atoms with van der Waals surface area (Å²) < 4.78 is 1.56. The topological polar surface area (TPSA) is 84.5 Å². The highest BCUT2D eigenvalue weighted by atomic mass is 32.1. The summed E-state index contributed by atoms with van der Waals surface area (Å²) >= 11 is 1.43. The summed E-state index contributed by atoms with van der Waals surface area (Å²) in [5.74, 6) is 0.547. The van der Waals surface area contributed by atoms with Crippen LogP contribution in [0.25, 0.3) is 0 Å². The van der Waals surface area contributed by atoms with Crippen LogP contribution in [0.1, 0.15) is 21.8 Å². The lowest BCUT2D eigenvalue weighted by molar-refractivity contribution is -0.384. The summed E-state index contributed by atoms with van der Waals surface area (Å²) in [5.41, 5.74) is 0.462. The van der Waals surface area contributed by atoms with Gasteiger partial charge in [-0.2, -0.15) is 5.10 Å². The molecule has 1 saturated heterocycles. The van der Waals surface area contributed by atoms with Crippen molar-refractivity contribution in [2.24, 2.45) is 7.05 Å². The normalized spacial score (nSPS) is 15.4. The van der Waals surface area contributed by atoms with Crippen molar-refractivity contribution in [2.75, 3.05) is 31.1 Å². The molecule has 3 rings (SSSR count). The SMILES string of the molecule is Cc1nn(C)c(N2CCCN(C(=O)c3cccs3)CC2)c1[N+](=O)[O-]. The highest BCUT2D eigenvalue weighted by Crippen LogP contribution is 2.31. The van der Waals surface area contributed by atoms with Gasteiger partial charge in [-0.3, -0.25) is 14.9 Å². The summed E-state index contributed by atoms with van der Waals surface area (Å²) in [6, 6.07) is 3.69. The zero-order chi connectivity index (χ0) is 17.3. The van der Waals surface area contributed by atoms with E-state index in [0.717, 1.165) is 11.3 Å². The molecule has 1 aliphatic heterocycles. The van der Waals surface area contributed by atoms with Crippen LogP contribution < -0.4 is 4.90 Å². The van der Waals surface area contributed by atoms with Crippen LogP contribution in [0.5, 0.6) is 0 Å². The van der Waals surface area contributed by atoms with Gasteiger partial charge in [0.25, 0.3) is 5.91 Å². The minimum atomic E-state index is -0.378. The molecule has 0 bridgehead atoms. The maximum atomic E-state index is 12.5. The van der Waals surface area contributed by atoms with Crippen molar-refractivity contribution < 1.29 is 9.72 Å². The quantitative estimate of drug-likeness (QED) is 0.625. The smallest absolute Gasteiger partial charge is 0.333 e. The standard InChI is InChI=1S/C15H19N5O3S/c1-11-13(20(22)23)14(17(2)16-11)18-6-4-7-19(9-8-18)15(21)12-5-3-10-24-12/h3,5,10H,4,6-9H2,1-2H3. The Kier molecular flexibility index (Phi) is 4.52. The molecule has 0 N–H and O–H groups in total. The second-order valence-electron chi connectivity index (χ2n) is 5.75. The van der Waals surface area contributed by atoms with Crippen molar-refractivity contribution in [1.82, 2.24) is 14.7 Å². The summed E-state index contributed by atoms with van der Waals surface area (Å²) in [4.78, 5) is 28.0. The van der Waals surface area contributed by atoms with E-state index >= 15 is 0 Å². The molecule has 0 aromatic carbocycles. The number of carbonyl (C=O) groups excluding carboxylic acids is 1. The fourth-order valence-electron chi connectivity index (χ4n) is 3.09. The minimum absolute atomic E-state index is 0.0301. The molecular formula is C15H19N5O3S. The largest absolute Gasteiger partial charge is 0.349 e. The van der Waals surface area contributed by atoms with Crippen molar-refractivity contribution in [3.63, 3.8) is 0 Å². The number of thiophene rings is 1. The molecule has 128 valence electrons. The minimum Gasteiger partial charge on any atom is -0.349 e. The highest BCUT2D eigenvalue weighted by Gasteiger charge is 2.30. The van der Waals surface area contributed by atoms with E-state index in [2.05, 4.69) is 5.10 Å². The maximum Gasteiger partial charge on any atom is 0.333 e. The van der Waals surface area contributed by atoms with Crippen LogP contribution in [-0.2, 0) is 7.05 Å². The molecule has 0 radical (unpaired) electrons. The van der Waals surface area contributed by atoms with E-state index in [9.17, 15) is 14.9 Å². The van der Waals surface area contributed by atoms with E-state index in [1.807, 2.05) is 27.3 Å². The second-order valence-corrected chi connectivity index (χ2v) is 6.70. The average molecular weight is 349 g/mol. The fraction of sp³-hybridized carbons (Fsp3) is 0.467. The lowest BCUT2D eigenvalue weighted by Gasteiger charge is -2.22. The van der Waals surface area contributed by atoms with Crippen molar-refractivity contribution in [1.29, 1.82) is 0 Å². The van der Waals surface area contributed by atoms with Crippen molar-refractivity contribution >= 4 is 28.7 Å². The Morgan fingerprint density at radius 2 is 2.12 bits per heavy atom. The van der Waals surface area contributed by atoms with E-state index in [0.29, 0.717) is 37.7 Å². The Bertz CT molecular complexity index is 756. The first kappa shape index (κ1) is 16.4. The van der Waals surface area contributed by atoms with Crippen molar-refractivity contribution in [2.45, 2.75) is 13.3 Å². The van der Waals surface area contributed by atoms with Gasteiger partial charge in [0.15, 0.2) is 0 Å². The lowest BCUT2D eigenvalue weighted by Crippen LogP contribution is -2.35. The molecule has 0 saturated carbocycles. The van der Waals surface area contributed by atoms with Gasteiger partial charge >= 0.3 is 5.69 Å². The third kappa shape index (κ3) is 2.99. The Hall–Kier alpha value is -2.42. The van der Waals surface area contributed by atoms with Crippen LogP contribution >= 0.6 is 11.3 Å². The van der Waals surface area contributed by atoms with Gasteiger partial charge in [-0.05, 0) is 24.8 Å². The number of nitrogens with zero attached hydrogens (tertiary/aromatic N) is 5. The third-order valence-electron chi connectivity index (χ3n) is 4.16. The van der Waals surface area contributed by atoms with E-state index in [1.54, 1.807) is 18.7 Å². The zero-order valence-corrected chi connectivity index (χ0v) is 14.5. The van der Waals surface area contributed by atoms with E-state index in [4.69, 9.17) is 0 Å². The lowest BCUT2D eigenvalue weighted by atomic mass is 10.3. The predicted molar refractivity (Wildman–Crippen MR) is 91.7 cm³/mol. The van der Waals surface area contributed by atoms with Gasteiger partial charge in [-0.15, -0.1) is 11.3 Å². The number of aryl methyl sites for hydroxylation is 2. The Morgan fingerprint density at radius 1 is 1.33 bits per heavy atom. The number of hydrogen-bond acceptors (Lipinski definition) is 6. The third-order valence-corrected chi connectivity index (χ3v) is 5.02. The molecule has 3 heterocycles. The highest BCUT2D eigenvalue weighted by molar-refractivity contribution is 7.12. The number of nitro groups is 1. The molecule has 0 spiro atoms. The zero-order valence-electron chi connectivity index (χ0n) is 13.6. The van der Waals surface area contributed by atoms with Gasteiger partial charge in [0.05, 0.1) is 9.80 Å². The van der Waals surface area contributed by atoms with Gasteiger partial charge in [-0.1, -0.05) is 6.07 Å². The molecule has 2 aromatic rings. The molecule has 9 heteroatoms. The van der Waals surface area contributed by atoms with Crippen molar-refractivity contribution in [3.05, 3.63) is 38.2 Å². The Labute approximate surface area is 143 Å². The first-order valence-electron chi connectivity index (χ1n) is 7.74. The number of anilines is 1. The average Bonchev–Trinajstić information content (AvgIpc) is 3.08. The van der Waals surface area contributed by atoms with Crippen LogP contribution in [-0.4, -0.2) is 51.7 Å². The van der Waals surface area contributed by atoms with Crippen LogP contribution in [0.4, 0.5) is 11.5 Å². The molecule has 0 aliphatic carbocycles. The van der Waals surface area contributed by atoms with E-state index in [-0.39, 0.29) is 16.5 Å². The molecular weight excluding hydrogens is 330 g/mol. The van der Waals surface area contributed by atoms with Crippen LogP contribution in [0.15, 0.2) is 17.5 Å². The monoisotopic (exact) mass is 349 g/mol. The predicted octanol–water partition coefficient (Wildman–Crippen LogP) is 2.05. The van der Waals surface area contributed by atoms with Crippen LogP contribution in [0.2, 0.25) is 0 Å².